The first-order valence-corrected chi connectivity index (χ1v) is 7.61. The molecule has 0 saturated heterocycles. The normalized spacial score (nSPS) is 10.7. The van der Waals surface area contributed by atoms with Gasteiger partial charge in [0.1, 0.15) is 0 Å². The average Bonchev–Trinajstić information content (AvgIpc) is 2.88. The van der Waals surface area contributed by atoms with E-state index in [0.29, 0.717) is 12.2 Å². The number of nitrogens with one attached hydrogen (secondary N) is 2. The third kappa shape index (κ3) is 3.92. The first-order chi connectivity index (χ1) is 10.6. The summed E-state index contributed by atoms with van der Waals surface area (Å²) in [5.74, 6) is -0.185. The summed E-state index contributed by atoms with van der Waals surface area (Å²) >= 11 is 0. The van der Waals surface area contributed by atoms with Crippen LogP contribution in [0.1, 0.15) is 35.1 Å². The lowest BCUT2D eigenvalue weighted by atomic mass is 10.2. The Kier molecular flexibility index (Phi) is 5.66. The minimum absolute atomic E-state index is 0.185. The Morgan fingerprint density at radius 2 is 2.05 bits per heavy atom. The molecule has 0 aliphatic rings. The summed E-state index contributed by atoms with van der Waals surface area (Å²) < 4.78 is 1.69. The van der Waals surface area contributed by atoms with E-state index in [4.69, 9.17) is 0 Å². The second-order valence-electron chi connectivity index (χ2n) is 5.28. The number of carbonyl (C=O) groups is 1. The van der Waals surface area contributed by atoms with Crippen LogP contribution in [0.3, 0.4) is 0 Å². The average molecular weight is 301 g/mol. The van der Waals surface area contributed by atoms with Gasteiger partial charge in [-0.05, 0) is 44.5 Å². The molecule has 22 heavy (non-hydrogen) atoms. The van der Waals surface area contributed by atoms with Gasteiger partial charge in [0.2, 0.25) is 0 Å². The van der Waals surface area contributed by atoms with E-state index in [0.717, 1.165) is 36.5 Å². The Morgan fingerprint density at radius 3 is 2.77 bits per heavy atom. The minimum atomic E-state index is -0.185. The monoisotopic (exact) mass is 301 g/mol. The topological polar surface area (TPSA) is 71.8 Å². The van der Waals surface area contributed by atoms with Gasteiger partial charge in [-0.2, -0.15) is 0 Å². The van der Waals surface area contributed by atoms with E-state index < -0.39 is 0 Å². The molecule has 1 aromatic heterocycles. The van der Waals surface area contributed by atoms with Crippen LogP contribution in [0.5, 0.6) is 0 Å². The molecule has 1 aromatic carbocycles. The Balaban J connectivity index is 2.03. The highest BCUT2D eigenvalue weighted by atomic mass is 16.2. The molecule has 0 unspecified atom stereocenters. The summed E-state index contributed by atoms with van der Waals surface area (Å²) in [6.07, 6.45) is 1.08. The van der Waals surface area contributed by atoms with Gasteiger partial charge < -0.3 is 10.6 Å². The van der Waals surface area contributed by atoms with E-state index in [9.17, 15) is 4.79 Å². The van der Waals surface area contributed by atoms with E-state index >= 15 is 0 Å². The Morgan fingerprint density at radius 1 is 1.23 bits per heavy atom. The van der Waals surface area contributed by atoms with Gasteiger partial charge in [-0.1, -0.05) is 24.3 Å². The minimum Gasteiger partial charge on any atom is -0.349 e. The van der Waals surface area contributed by atoms with Gasteiger partial charge in [-0.25, -0.2) is 4.68 Å². The third-order valence-corrected chi connectivity index (χ3v) is 3.37. The molecule has 0 atom stereocenters. The highest BCUT2D eigenvalue weighted by Gasteiger charge is 2.16. The lowest BCUT2D eigenvalue weighted by Crippen LogP contribution is -2.32. The molecule has 0 saturated carbocycles. The molecule has 118 valence electrons. The van der Waals surface area contributed by atoms with Crippen molar-refractivity contribution in [1.29, 1.82) is 0 Å². The molecule has 0 aliphatic heterocycles. The molecule has 2 aromatic rings. The predicted molar refractivity (Wildman–Crippen MR) is 86.3 cm³/mol. The van der Waals surface area contributed by atoms with Crippen molar-refractivity contribution in [3.63, 3.8) is 0 Å². The van der Waals surface area contributed by atoms with Crippen molar-refractivity contribution in [2.45, 2.75) is 27.2 Å². The molecule has 0 fully saturated rings. The van der Waals surface area contributed by atoms with E-state index in [2.05, 4.69) is 27.9 Å². The molecular formula is C16H23N5O. The summed E-state index contributed by atoms with van der Waals surface area (Å²) in [5, 5.41) is 14.2. The van der Waals surface area contributed by atoms with Crippen LogP contribution in [0.4, 0.5) is 0 Å². The van der Waals surface area contributed by atoms with Crippen molar-refractivity contribution >= 4 is 5.91 Å². The molecule has 0 aliphatic carbocycles. The van der Waals surface area contributed by atoms with Gasteiger partial charge in [0.15, 0.2) is 5.69 Å². The van der Waals surface area contributed by atoms with Crippen LogP contribution in [-0.4, -0.2) is 40.5 Å². The van der Waals surface area contributed by atoms with Crippen molar-refractivity contribution in [2.75, 3.05) is 19.6 Å². The summed E-state index contributed by atoms with van der Waals surface area (Å²) in [5.41, 5.74) is 3.16. The second kappa shape index (κ2) is 7.70. The smallest absolute Gasteiger partial charge is 0.273 e. The molecule has 2 N–H and O–H groups in total. The lowest BCUT2D eigenvalue weighted by molar-refractivity contribution is 0.0948. The SMILES string of the molecule is CCCNCCNC(=O)c1nnn(-c2cccc(C)c2)c1C. The maximum Gasteiger partial charge on any atom is 0.273 e. The fraction of sp³-hybridized carbons (Fsp3) is 0.438. The molecule has 2 rings (SSSR count). The molecule has 1 amide bonds. The third-order valence-electron chi connectivity index (χ3n) is 3.37. The van der Waals surface area contributed by atoms with Gasteiger partial charge in [0.05, 0.1) is 11.4 Å². The van der Waals surface area contributed by atoms with Crippen LogP contribution in [0, 0.1) is 13.8 Å². The zero-order valence-corrected chi connectivity index (χ0v) is 13.4. The van der Waals surface area contributed by atoms with Crippen LogP contribution in [0.2, 0.25) is 0 Å². The van der Waals surface area contributed by atoms with E-state index in [-0.39, 0.29) is 5.91 Å². The summed E-state index contributed by atoms with van der Waals surface area (Å²) in [4.78, 5) is 12.2. The number of hydrogen-bond donors (Lipinski definition) is 2. The number of rotatable bonds is 7. The van der Waals surface area contributed by atoms with Crippen molar-refractivity contribution < 1.29 is 4.79 Å². The van der Waals surface area contributed by atoms with Crippen LogP contribution in [0.25, 0.3) is 5.69 Å². The van der Waals surface area contributed by atoms with E-state index in [1.165, 1.54) is 0 Å². The van der Waals surface area contributed by atoms with Gasteiger partial charge in [-0.15, -0.1) is 5.10 Å². The van der Waals surface area contributed by atoms with Gasteiger partial charge in [0.25, 0.3) is 5.91 Å². The molecular weight excluding hydrogens is 278 g/mol. The van der Waals surface area contributed by atoms with E-state index in [1.807, 2.05) is 38.1 Å². The number of carbonyl (C=O) groups excluding carboxylic acids is 1. The van der Waals surface area contributed by atoms with Crippen LogP contribution < -0.4 is 10.6 Å². The van der Waals surface area contributed by atoms with Gasteiger partial charge in [-0.3, -0.25) is 4.79 Å². The molecule has 6 nitrogen and oxygen atoms in total. The maximum absolute atomic E-state index is 12.2. The Labute approximate surface area is 130 Å². The van der Waals surface area contributed by atoms with Crippen LogP contribution in [0.15, 0.2) is 24.3 Å². The van der Waals surface area contributed by atoms with Crippen molar-refractivity contribution in [2.24, 2.45) is 0 Å². The zero-order valence-electron chi connectivity index (χ0n) is 13.4. The predicted octanol–water partition coefficient (Wildman–Crippen LogP) is 1.61. The fourth-order valence-corrected chi connectivity index (χ4v) is 2.19. The van der Waals surface area contributed by atoms with Crippen molar-refractivity contribution in [3.8, 4) is 5.69 Å². The zero-order chi connectivity index (χ0) is 15.9. The largest absolute Gasteiger partial charge is 0.349 e. The number of benzene rings is 1. The molecule has 0 spiro atoms. The molecule has 6 heteroatoms. The molecule has 0 radical (unpaired) electrons. The Hall–Kier alpha value is -2.21. The lowest BCUT2D eigenvalue weighted by Gasteiger charge is -2.06. The highest BCUT2D eigenvalue weighted by Crippen LogP contribution is 2.13. The maximum atomic E-state index is 12.2. The van der Waals surface area contributed by atoms with Crippen molar-refractivity contribution in [1.82, 2.24) is 25.6 Å². The summed E-state index contributed by atoms with van der Waals surface area (Å²) in [6, 6.07) is 7.95. The number of nitrogens with zero attached hydrogens (tertiary/aromatic N) is 3. The standard InChI is InChI=1S/C16H23N5O/c1-4-8-17-9-10-18-16(22)15-13(3)21(20-19-15)14-7-5-6-12(2)11-14/h5-7,11,17H,4,8-10H2,1-3H3,(H,18,22). The van der Waals surface area contributed by atoms with Crippen LogP contribution in [-0.2, 0) is 0 Å². The molecule has 1 heterocycles. The first kappa shape index (κ1) is 16.2. The first-order valence-electron chi connectivity index (χ1n) is 7.61. The number of aryl methyl sites for hydroxylation is 1. The number of hydrogen-bond acceptors (Lipinski definition) is 4. The number of amides is 1. The van der Waals surface area contributed by atoms with E-state index in [1.54, 1.807) is 4.68 Å². The van der Waals surface area contributed by atoms with Crippen molar-refractivity contribution in [3.05, 3.63) is 41.2 Å². The number of aromatic nitrogens is 3. The molecule has 0 bridgehead atoms. The van der Waals surface area contributed by atoms with Gasteiger partial charge >= 0.3 is 0 Å². The summed E-state index contributed by atoms with van der Waals surface area (Å²) in [7, 11) is 0. The second-order valence-corrected chi connectivity index (χ2v) is 5.28. The Bertz CT molecular complexity index is 635. The fourth-order valence-electron chi connectivity index (χ4n) is 2.19. The highest BCUT2D eigenvalue weighted by molar-refractivity contribution is 5.93. The quantitative estimate of drug-likeness (QED) is 0.762. The van der Waals surface area contributed by atoms with Crippen LogP contribution >= 0.6 is 0 Å². The van der Waals surface area contributed by atoms with Gasteiger partial charge in [0, 0.05) is 13.1 Å². The summed E-state index contributed by atoms with van der Waals surface area (Å²) in [6.45, 7) is 8.27.